The van der Waals surface area contributed by atoms with E-state index in [1.165, 1.54) is 0 Å². The number of cyclic esters (lactones) is 1. The number of amides is 1. The molecule has 80 valence electrons. The lowest BCUT2D eigenvalue weighted by Crippen LogP contribution is -2.45. The smallest absolute Gasteiger partial charge is 0.408 e. The van der Waals surface area contributed by atoms with Crippen molar-refractivity contribution in [2.75, 3.05) is 0 Å². The Bertz CT molecular complexity index is 359. The molecule has 15 heavy (non-hydrogen) atoms. The lowest BCUT2D eigenvalue weighted by Gasteiger charge is -2.35. The first-order valence-corrected chi connectivity index (χ1v) is 5.11. The molecule has 0 spiro atoms. The minimum atomic E-state index is -0.386. The van der Waals surface area contributed by atoms with Crippen molar-refractivity contribution in [2.45, 2.75) is 31.9 Å². The lowest BCUT2D eigenvalue weighted by molar-refractivity contribution is -0.000272. The topological polar surface area (TPSA) is 38.3 Å². The van der Waals surface area contributed by atoms with Gasteiger partial charge in [-0.05, 0) is 19.4 Å². The van der Waals surface area contributed by atoms with Gasteiger partial charge in [0.05, 0.1) is 6.04 Å². The molecule has 3 heteroatoms. The van der Waals surface area contributed by atoms with Gasteiger partial charge < -0.3 is 10.1 Å². The zero-order valence-electron chi connectivity index (χ0n) is 8.99. The first-order valence-electron chi connectivity index (χ1n) is 5.11. The quantitative estimate of drug-likeness (QED) is 0.765. The molecule has 0 bridgehead atoms. The molecule has 1 aromatic carbocycles. The first-order chi connectivity index (χ1) is 7.07. The number of alkyl carbamates (subject to hydrolysis) is 1. The molecule has 1 fully saturated rings. The average Bonchev–Trinajstić information content (AvgIpc) is 2.16. The fraction of sp³-hybridized carbons (Fsp3) is 0.417. The van der Waals surface area contributed by atoms with E-state index in [2.05, 4.69) is 5.32 Å². The van der Waals surface area contributed by atoms with Crippen LogP contribution in [0.15, 0.2) is 30.3 Å². The summed E-state index contributed by atoms with van der Waals surface area (Å²) in [4.78, 5) is 11.3. The van der Waals surface area contributed by atoms with Crippen molar-refractivity contribution in [1.29, 1.82) is 0 Å². The van der Waals surface area contributed by atoms with E-state index in [0.29, 0.717) is 0 Å². The SMILES string of the molecule is CC1(C)C[C@H](c2ccccc2)NC(=O)O1. The van der Waals surface area contributed by atoms with E-state index in [0.717, 1.165) is 12.0 Å². The monoisotopic (exact) mass is 205 g/mol. The van der Waals surface area contributed by atoms with Gasteiger partial charge in [0.15, 0.2) is 0 Å². The highest BCUT2D eigenvalue weighted by Gasteiger charge is 2.34. The summed E-state index contributed by atoms with van der Waals surface area (Å²) in [5.74, 6) is 0. The zero-order chi connectivity index (χ0) is 10.9. The highest BCUT2D eigenvalue weighted by Crippen LogP contribution is 2.30. The van der Waals surface area contributed by atoms with Gasteiger partial charge in [-0.2, -0.15) is 0 Å². The number of carbonyl (C=O) groups excluding carboxylic acids is 1. The molecule has 0 saturated carbocycles. The Morgan fingerprint density at radius 3 is 2.60 bits per heavy atom. The van der Waals surface area contributed by atoms with Crippen LogP contribution in [0.1, 0.15) is 31.9 Å². The fourth-order valence-electron chi connectivity index (χ4n) is 1.89. The summed E-state index contributed by atoms with van der Waals surface area (Å²) in [6.07, 6.45) is 0.461. The third-order valence-corrected chi connectivity index (χ3v) is 2.56. The zero-order valence-corrected chi connectivity index (χ0v) is 8.99. The van der Waals surface area contributed by atoms with Gasteiger partial charge in [-0.3, -0.25) is 0 Å². The number of benzene rings is 1. The van der Waals surface area contributed by atoms with Crippen molar-refractivity contribution < 1.29 is 9.53 Å². The van der Waals surface area contributed by atoms with Crippen molar-refractivity contribution in [3.05, 3.63) is 35.9 Å². The van der Waals surface area contributed by atoms with Crippen LogP contribution >= 0.6 is 0 Å². The van der Waals surface area contributed by atoms with Crippen molar-refractivity contribution in [1.82, 2.24) is 5.32 Å². The molecule has 1 N–H and O–H groups in total. The number of hydrogen-bond donors (Lipinski definition) is 1. The Kier molecular flexibility index (Phi) is 2.39. The molecule has 1 aliphatic rings. The molecule has 1 heterocycles. The van der Waals surface area contributed by atoms with Crippen LogP contribution in [-0.2, 0) is 4.74 Å². The summed E-state index contributed by atoms with van der Waals surface area (Å²) >= 11 is 0. The van der Waals surface area contributed by atoms with Gasteiger partial charge in [0.2, 0.25) is 0 Å². The van der Waals surface area contributed by atoms with Crippen molar-refractivity contribution >= 4 is 6.09 Å². The standard InChI is InChI=1S/C12H15NO2/c1-12(2)8-10(13-11(14)15-12)9-6-4-3-5-7-9/h3-7,10H,8H2,1-2H3,(H,13,14)/t10-/m1/s1. The van der Waals surface area contributed by atoms with Crippen LogP contribution in [0.5, 0.6) is 0 Å². The second kappa shape index (κ2) is 3.57. The maximum atomic E-state index is 11.3. The molecule has 1 saturated heterocycles. The summed E-state index contributed by atoms with van der Waals surface area (Å²) < 4.78 is 5.18. The second-order valence-corrected chi connectivity index (χ2v) is 4.46. The third kappa shape index (κ3) is 2.29. The Morgan fingerprint density at radius 1 is 1.33 bits per heavy atom. The van der Waals surface area contributed by atoms with Gasteiger partial charge in [-0.1, -0.05) is 30.3 Å². The van der Waals surface area contributed by atoms with Gasteiger partial charge in [-0.15, -0.1) is 0 Å². The summed E-state index contributed by atoms with van der Waals surface area (Å²) in [6.45, 7) is 3.86. The van der Waals surface area contributed by atoms with Gasteiger partial charge in [0.25, 0.3) is 0 Å². The molecule has 0 unspecified atom stereocenters. The minimum Gasteiger partial charge on any atom is -0.443 e. The Morgan fingerprint density at radius 2 is 2.00 bits per heavy atom. The molecule has 0 aromatic heterocycles. The highest BCUT2D eigenvalue weighted by atomic mass is 16.6. The average molecular weight is 205 g/mol. The molecule has 1 atom stereocenters. The maximum absolute atomic E-state index is 11.3. The second-order valence-electron chi connectivity index (χ2n) is 4.46. The number of hydrogen-bond acceptors (Lipinski definition) is 2. The number of nitrogens with one attached hydrogen (secondary N) is 1. The Hall–Kier alpha value is -1.51. The van der Waals surface area contributed by atoms with Crippen LogP contribution in [0.3, 0.4) is 0 Å². The van der Waals surface area contributed by atoms with E-state index in [4.69, 9.17) is 4.74 Å². The predicted molar refractivity (Wildman–Crippen MR) is 57.5 cm³/mol. The van der Waals surface area contributed by atoms with Gasteiger partial charge >= 0.3 is 6.09 Å². The van der Waals surface area contributed by atoms with Crippen LogP contribution in [0.25, 0.3) is 0 Å². The van der Waals surface area contributed by atoms with Crippen LogP contribution in [-0.4, -0.2) is 11.7 Å². The first kappa shape index (κ1) is 10.0. The highest BCUT2D eigenvalue weighted by molar-refractivity contribution is 5.69. The number of rotatable bonds is 1. The minimum absolute atomic E-state index is 0.0578. The van der Waals surface area contributed by atoms with E-state index >= 15 is 0 Å². The molecule has 3 nitrogen and oxygen atoms in total. The summed E-state index contributed by atoms with van der Waals surface area (Å²) in [6, 6.07) is 10.0. The molecule has 0 aliphatic carbocycles. The molecular formula is C12H15NO2. The summed E-state index contributed by atoms with van der Waals surface area (Å²) in [5, 5.41) is 2.83. The van der Waals surface area contributed by atoms with Crippen LogP contribution in [0.4, 0.5) is 4.79 Å². The fourth-order valence-corrected chi connectivity index (χ4v) is 1.89. The molecular weight excluding hydrogens is 190 g/mol. The van der Waals surface area contributed by atoms with Crippen LogP contribution in [0.2, 0.25) is 0 Å². The largest absolute Gasteiger partial charge is 0.443 e. The van der Waals surface area contributed by atoms with Crippen molar-refractivity contribution in [3.63, 3.8) is 0 Å². The van der Waals surface area contributed by atoms with Crippen LogP contribution in [0, 0.1) is 0 Å². The van der Waals surface area contributed by atoms with Gasteiger partial charge in [0, 0.05) is 6.42 Å². The van der Waals surface area contributed by atoms with Gasteiger partial charge in [-0.25, -0.2) is 4.79 Å². The van der Waals surface area contributed by atoms with E-state index in [1.807, 2.05) is 44.2 Å². The van der Waals surface area contributed by atoms with Crippen molar-refractivity contribution in [3.8, 4) is 0 Å². The molecule has 1 aliphatic heterocycles. The van der Waals surface area contributed by atoms with Gasteiger partial charge in [0.1, 0.15) is 5.60 Å². The lowest BCUT2D eigenvalue weighted by atomic mass is 9.92. The van der Waals surface area contributed by atoms with E-state index in [1.54, 1.807) is 0 Å². The number of carbonyl (C=O) groups is 1. The predicted octanol–water partition coefficient (Wildman–Crippen LogP) is 2.64. The van der Waals surface area contributed by atoms with E-state index < -0.39 is 0 Å². The molecule has 1 amide bonds. The maximum Gasteiger partial charge on any atom is 0.408 e. The van der Waals surface area contributed by atoms with E-state index in [9.17, 15) is 4.79 Å². The van der Waals surface area contributed by atoms with E-state index in [-0.39, 0.29) is 17.7 Å². The summed E-state index contributed by atoms with van der Waals surface area (Å²) in [5.41, 5.74) is 0.741. The third-order valence-electron chi connectivity index (χ3n) is 2.56. The Labute approximate surface area is 89.4 Å². The molecule has 2 rings (SSSR count). The molecule has 1 aromatic rings. The normalized spacial score (nSPS) is 24.1. The van der Waals surface area contributed by atoms with Crippen LogP contribution < -0.4 is 5.32 Å². The molecule has 0 radical (unpaired) electrons. The van der Waals surface area contributed by atoms with Crippen molar-refractivity contribution in [2.24, 2.45) is 0 Å². The Balaban J connectivity index is 2.20. The summed E-state index contributed by atoms with van der Waals surface area (Å²) in [7, 11) is 0. The number of ether oxygens (including phenoxy) is 1.